The molecule has 0 N–H and O–H groups in total. The zero-order valence-electron chi connectivity index (χ0n) is 15.5. The molecule has 7 nitrogen and oxygen atoms in total. The summed E-state index contributed by atoms with van der Waals surface area (Å²) >= 11 is 1.60. The van der Waals surface area contributed by atoms with Crippen LogP contribution in [0.25, 0.3) is 22.2 Å². The molecule has 0 unspecified atom stereocenters. The van der Waals surface area contributed by atoms with Crippen molar-refractivity contribution in [2.24, 2.45) is 0 Å². The maximum absolute atomic E-state index is 9.50. The molecule has 5 rings (SSSR count). The second kappa shape index (κ2) is 7.53. The average molecular weight is 403 g/mol. The molecule has 0 amide bonds. The largest absolute Gasteiger partial charge is 0.419 e. The molecule has 4 heterocycles. The van der Waals surface area contributed by atoms with Crippen molar-refractivity contribution in [1.29, 1.82) is 5.26 Å². The van der Waals surface area contributed by atoms with E-state index in [0.717, 1.165) is 36.4 Å². The summed E-state index contributed by atoms with van der Waals surface area (Å²) in [7, 11) is 0. The van der Waals surface area contributed by atoms with E-state index in [-0.39, 0.29) is 5.92 Å². The quantitative estimate of drug-likeness (QED) is 0.487. The van der Waals surface area contributed by atoms with E-state index in [1.54, 1.807) is 11.3 Å². The average Bonchev–Trinajstić information content (AvgIpc) is 3.54. The Morgan fingerprint density at radius 2 is 1.90 bits per heavy atom. The van der Waals surface area contributed by atoms with E-state index in [9.17, 15) is 5.26 Å². The summed E-state index contributed by atoms with van der Waals surface area (Å²) in [5.41, 5.74) is 1.18. The van der Waals surface area contributed by atoms with Crippen LogP contribution in [0.4, 0.5) is 5.88 Å². The van der Waals surface area contributed by atoms with Gasteiger partial charge in [0.05, 0.1) is 4.88 Å². The van der Waals surface area contributed by atoms with Crippen LogP contribution < -0.4 is 4.90 Å². The topological polar surface area (TPSA) is 92.0 Å². The van der Waals surface area contributed by atoms with E-state index in [4.69, 9.17) is 8.94 Å². The third-order valence-corrected chi connectivity index (χ3v) is 5.92. The van der Waals surface area contributed by atoms with Crippen LogP contribution in [0.5, 0.6) is 0 Å². The molecule has 0 atom stereocenters. The standard InChI is InChI=1S/C21H17N5O2S/c22-13-16-21(27-19(23-16)14-5-2-1-3-6-14)26-10-8-15(9-11-26)20-24-18(25-28-20)17-7-4-12-29-17/h1-7,12,15H,8-11H2. The van der Waals surface area contributed by atoms with Crippen molar-refractivity contribution in [1.82, 2.24) is 15.1 Å². The highest BCUT2D eigenvalue weighted by molar-refractivity contribution is 7.13. The summed E-state index contributed by atoms with van der Waals surface area (Å²) in [6.45, 7) is 1.47. The van der Waals surface area contributed by atoms with E-state index in [0.29, 0.717) is 29.2 Å². The molecule has 3 aromatic heterocycles. The number of hydrogen-bond acceptors (Lipinski definition) is 8. The molecule has 0 radical (unpaired) electrons. The minimum Gasteiger partial charge on any atom is -0.419 e. The Morgan fingerprint density at radius 3 is 2.62 bits per heavy atom. The normalized spacial score (nSPS) is 14.8. The molecule has 0 spiro atoms. The molecule has 1 saturated heterocycles. The maximum atomic E-state index is 9.50. The Balaban J connectivity index is 1.31. The number of thiophene rings is 1. The van der Waals surface area contributed by atoms with Crippen molar-refractivity contribution >= 4 is 17.2 Å². The molecule has 1 fully saturated rings. The summed E-state index contributed by atoms with van der Waals surface area (Å²) in [6.07, 6.45) is 1.69. The van der Waals surface area contributed by atoms with Crippen molar-refractivity contribution in [3.05, 3.63) is 59.4 Å². The van der Waals surface area contributed by atoms with Gasteiger partial charge in [-0.1, -0.05) is 29.4 Å². The smallest absolute Gasteiger partial charge is 0.235 e. The van der Waals surface area contributed by atoms with E-state index < -0.39 is 0 Å². The van der Waals surface area contributed by atoms with Crippen LogP contribution in [-0.2, 0) is 0 Å². The predicted molar refractivity (Wildman–Crippen MR) is 108 cm³/mol. The third kappa shape index (κ3) is 3.41. The summed E-state index contributed by atoms with van der Waals surface area (Å²) < 4.78 is 11.5. The van der Waals surface area contributed by atoms with Gasteiger partial charge in [-0.15, -0.1) is 11.3 Å². The maximum Gasteiger partial charge on any atom is 0.235 e. The van der Waals surface area contributed by atoms with Gasteiger partial charge in [0.25, 0.3) is 0 Å². The van der Waals surface area contributed by atoms with Crippen LogP contribution in [0.15, 0.2) is 56.8 Å². The molecule has 1 aliphatic rings. The van der Waals surface area contributed by atoms with Crippen molar-refractivity contribution in [2.45, 2.75) is 18.8 Å². The molecule has 29 heavy (non-hydrogen) atoms. The Hall–Kier alpha value is -3.44. The third-order valence-electron chi connectivity index (χ3n) is 5.05. The highest BCUT2D eigenvalue weighted by Crippen LogP contribution is 2.34. The SMILES string of the molecule is N#Cc1nc(-c2ccccc2)oc1N1CCC(c2nc(-c3cccs3)no2)CC1. The first-order chi connectivity index (χ1) is 14.3. The van der Waals surface area contributed by atoms with Gasteiger partial charge in [0, 0.05) is 24.6 Å². The van der Waals surface area contributed by atoms with Gasteiger partial charge in [0.15, 0.2) is 0 Å². The Kier molecular flexibility index (Phi) is 4.58. The molecule has 1 aromatic carbocycles. The number of benzene rings is 1. The number of piperidine rings is 1. The summed E-state index contributed by atoms with van der Waals surface area (Å²) in [4.78, 5) is 12.0. The lowest BCUT2D eigenvalue weighted by Crippen LogP contribution is -2.33. The van der Waals surface area contributed by atoms with Gasteiger partial charge in [-0.05, 0) is 36.4 Å². The predicted octanol–water partition coefficient (Wildman–Crippen LogP) is 4.71. The molecule has 0 saturated carbocycles. The fourth-order valence-electron chi connectivity index (χ4n) is 3.54. The monoisotopic (exact) mass is 403 g/mol. The molecule has 0 aliphatic carbocycles. The molecule has 144 valence electrons. The molecular weight excluding hydrogens is 386 g/mol. The van der Waals surface area contributed by atoms with Crippen molar-refractivity contribution < 1.29 is 8.94 Å². The van der Waals surface area contributed by atoms with Gasteiger partial charge in [0.2, 0.25) is 29.2 Å². The number of anilines is 1. The summed E-state index contributed by atoms with van der Waals surface area (Å²) in [5.74, 6) is 2.53. The number of aromatic nitrogens is 3. The lowest BCUT2D eigenvalue weighted by molar-refractivity contribution is 0.327. The minimum atomic E-state index is 0.203. The van der Waals surface area contributed by atoms with Gasteiger partial charge in [-0.3, -0.25) is 0 Å². The van der Waals surface area contributed by atoms with E-state index >= 15 is 0 Å². The van der Waals surface area contributed by atoms with E-state index in [1.165, 1.54) is 0 Å². The highest BCUT2D eigenvalue weighted by atomic mass is 32.1. The van der Waals surface area contributed by atoms with Crippen molar-refractivity contribution in [2.75, 3.05) is 18.0 Å². The fraction of sp³-hybridized carbons (Fsp3) is 0.238. The van der Waals surface area contributed by atoms with Gasteiger partial charge >= 0.3 is 0 Å². The molecular formula is C21H17N5O2S. The van der Waals surface area contributed by atoms with Crippen LogP contribution >= 0.6 is 11.3 Å². The van der Waals surface area contributed by atoms with Crippen molar-refractivity contribution in [3.8, 4) is 28.2 Å². The number of rotatable bonds is 4. The van der Waals surface area contributed by atoms with E-state index in [2.05, 4.69) is 26.1 Å². The lowest BCUT2D eigenvalue weighted by atomic mass is 9.97. The first-order valence-corrected chi connectivity index (χ1v) is 10.3. The van der Waals surface area contributed by atoms with Crippen LogP contribution in [-0.4, -0.2) is 28.2 Å². The van der Waals surface area contributed by atoms with Gasteiger partial charge in [-0.25, -0.2) is 0 Å². The molecule has 8 heteroatoms. The number of nitrogens with zero attached hydrogens (tertiary/aromatic N) is 5. The first kappa shape index (κ1) is 17.6. The van der Waals surface area contributed by atoms with Crippen LogP contribution in [0.3, 0.4) is 0 Å². The zero-order chi connectivity index (χ0) is 19.6. The number of oxazole rings is 1. The molecule has 1 aliphatic heterocycles. The number of nitriles is 1. The molecule has 4 aromatic rings. The van der Waals surface area contributed by atoms with Crippen LogP contribution in [0, 0.1) is 11.3 Å². The second-order valence-electron chi connectivity index (χ2n) is 6.85. The van der Waals surface area contributed by atoms with Gasteiger partial charge < -0.3 is 13.8 Å². The lowest BCUT2D eigenvalue weighted by Gasteiger charge is -2.29. The Labute approximate surface area is 171 Å². The summed E-state index contributed by atoms with van der Waals surface area (Å²) in [5, 5.41) is 15.6. The highest BCUT2D eigenvalue weighted by Gasteiger charge is 2.29. The second-order valence-corrected chi connectivity index (χ2v) is 7.79. The van der Waals surface area contributed by atoms with E-state index in [1.807, 2.05) is 47.8 Å². The van der Waals surface area contributed by atoms with Crippen LogP contribution in [0.1, 0.15) is 30.3 Å². The summed E-state index contributed by atoms with van der Waals surface area (Å²) in [6, 6.07) is 15.7. The van der Waals surface area contributed by atoms with Gasteiger partial charge in [0.1, 0.15) is 6.07 Å². The zero-order valence-corrected chi connectivity index (χ0v) is 16.3. The first-order valence-electron chi connectivity index (χ1n) is 9.40. The minimum absolute atomic E-state index is 0.203. The molecule has 0 bridgehead atoms. The van der Waals surface area contributed by atoms with Crippen molar-refractivity contribution in [3.63, 3.8) is 0 Å². The van der Waals surface area contributed by atoms with Gasteiger partial charge in [-0.2, -0.15) is 15.2 Å². The van der Waals surface area contributed by atoms with Crippen LogP contribution in [0.2, 0.25) is 0 Å². The Bertz CT molecular complexity index is 1140. The Morgan fingerprint density at radius 1 is 1.07 bits per heavy atom. The fourth-order valence-corrected chi connectivity index (χ4v) is 4.19. The number of hydrogen-bond donors (Lipinski definition) is 0.